The Morgan fingerprint density at radius 2 is 1.96 bits per heavy atom. The minimum atomic E-state index is -0.0750. The monoisotopic (exact) mass is 361 g/mol. The molecular weight excluding hydrogens is 338 g/mol. The number of benzene rings is 2. The Labute approximate surface area is 159 Å². The third kappa shape index (κ3) is 3.33. The normalized spacial score (nSPS) is 15.9. The average molecular weight is 361 g/mol. The molecule has 3 aromatic rings. The molecule has 0 saturated carbocycles. The first-order chi connectivity index (χ1) is 13.2. The van der Waals surface area contributed by atoms with E-state index in [0.29, 0.717) is 5.56 Å². The van der Waals surface area contributed by atoms with Crippen molar-refractivity contribution in [1.82, 2.24) is 15.1 Å². The predicted molar refractivity (Wildman–Crippen MR) is 104 cm³/mol. The van der Waals surface area contributed by atoms with Gasteiger partial charge in [0.15, 0.2) is 0 Å². The predicted octanol–water partition coefficient (Wildman–Crippen LogP) is 4.00. The summed E-state index contributed by atoms with van der Waals surface area (Å²) in [6, 6.07) is 16.1. The molecule has 0 saturated heterocycles. The smallest absolute Gasteiger partial charge is 0.255 e. The molecule has 5 heteroatoms. The zero-order chi connectivity index (χ0) is 18.8. The molecule has 1 heterocycles. The summed E-state index contributed by atoms with van der Waals surface area (Å²) in [5, 5.41) is 7.62. The molecule has 1 aliphatic rings. The number of hydrogen-bond acceptors (Lipinski definition) is 3. The quantitative estimate of drug-likeness (QED) is 0.764. The lowest BCUT2D eigenvalue weighted by atomic mass is 9.87. The van der Waals surface area contributed by atoms with Gasteiger partial charge in [-0.05, 0) is 61.6 Å². The summed E-state index contributed by atoms with van der Waals surface area (Å²) >= 11 is 0. The summed E-state index contributed by atoms with van der Waals surface area (Å²) in [7, 11) is 1.64. The number of carbonyl (C=O) groups excluding carboxylic acids is 1. The molecule has 0 fully saturated rings. The van der Waals surface area contributed by atoms with Crippen LogP contribution in [0.2, 0.25) is 0 Å². The van der Waals surface area contributed by atoms with E-state index in [1.54, 1.807) is 18.0 Å². The van der Waals surface area contributed by atoms with Crippen LogP contribution in [-0.2, 0) is 6.42 Å². The lowest BCUT2D eigenvalue weighted by Crippen LogP contribution is -2.31. The van der Waals surface area contributed by atoms with E-state index in [4.69, 9.17) is 4.74 Å². The summed E-state index contributed by atoms with van der Waals surface area (Å²) in [6.07, 6.45) is 4.78. The lowest BCUT2D eigenvalue weighted by Gasteiger charge is -2.26. The molecule has 0 unspecified atom stereocenters. The molecule has 1 atom stereocenters. The molecule has 2 aromatic carbocycles. The van der Waals surface area contributed by atoms with Crippen molar-refractivity contribution in [2.75, 3.05) is 7.11 Å². The van der Waals surface area contributed by atoms with Crippen molar-refractivity contribution in [3.05, 3.63) is 77.1 Å². The van der Waals surface area contributed by atoms with Crippen LogP contribution in [0.15, 0.2) is 54.7 Å². The van der Waals surface area contributed by atoms with Crippen LogP contribution >= 0.6 is 0 Å². The van der Waals surface area contributed by atoms with Gasteiger partial charge in [-0.2, -0.15) is 5.10 Å². The molecule has 1 N–H and O–H groups in total. The van der Waals surface area contributed by atoms with E-state index in [2.05, 4.69) is 28.6 Å². The summed E-state index contributed by atoms with van der Waals surface area (Å²) in [5.74, 6) is 0.714. The standard InChI is InChI=1S/C22H23N3O2/c1-15-20(14-23-25(15)17-10-12-18(27-2)13-11-17)22(26)24-21-9-5-7-16-6-3-4-8-19(16)21/h3-4,6,8,10-14,21H,5,7,9H2,1-2H3,(H,24,26)/t21-/m0/s1. The topological polar surface area (TPSA) is 56.2 Å². The molecule has 0 aliphatic heterocycles. The highest BCUT2D eigenvalue weighted by atomic mass is 16.5. The van der Waals surface area contributed by atoms with Crippen molar-refractivity contribution >= 4 is 5.91 Å². The van der Waals surface area contributed by atoms with E-state index >= 15 is 0 Å². The Balaban J connectivity index is 1.56. The van der Waals surface area contributed by atoms with Crippen LogP contribution in [0.5, 0.6) is 5.75 Å². The first-order valence-electron chi connectivity index (χ1n) is 9.25. The van der Waals surface area contributed by atoms with Gasteiger partial charge in [0.2, 0.25) is 0 Å². The second-order valence-electron chi connectivity index (χ2n) is 6.87. The van der Waals surface area contributed by atoms with Crippen molar-refractivity contribution in [2.45, 2.75) is 32.2 Å². The summed E-state index contributed by atoms with van der Waals surface area (Å²) in [5.41, 5.74) is 4.89. The number of rotatable bonds is 4. The third-order valence-corrected chi connectivity index (χ3v) is 5.25. The Morgan fingerprint density at radius 1 is 1.19 bits per heavy atom. The second-order valence-corrected chi connectivity index (χ2v) is 6.87. The minimum Gasteiger partial charge on any atom is -0.497 e. The number of methoxy groups -OCH3 is 1. The average Bonchev–Trinajstić information content (AvgIpc) is 3.10. The lowest BCUT2D eigenvalue weighted by molar-refractivity contribution is 0.0932. The van der Waals surface area contributed by atoms with Crippen molar-refractivity contribution in [1.29, 1.82) is 0 Å². The van der Waals surface area contributed by atoms with Gasteiger partial charge < -0.3 is 10.1 Å². The van der Waals surface area contributed by atoms with E-state index in [-0.39, 0.29) is 11.9 Å². The van der Waals surface area contributed by atoms with E-state index in [1.165, 1.54) is 11.1 Å². The fourth-order valence-corrected chi connectivity index (χ4v) is 3.76. The molecule has 138 valence electrons. The van der Waals surface area contributed by atoms with Crippen molar-refractivity contribution in [3.8, 4) is 11.4 Å². The van der Waals surface area contributed by atoms with Gasteiger partial charge in [-0.3, -0.25) is 4.79 Å². The number of amides is 1. The van der Waals surface area contributed by atoms with Crippen LogP contribution in [0, 0.1) is 6.92 Å². The fourth-order valence-electron chi connectivity index (χ4n) is 3.76. The van der Waals surface area contributed by atoms with Gasteiger partial charge in [-0.25, -0.2) is 4.68 Å². The zero-order valence-electron chi connectivity index (χ0n) is 15.6. The molecule has 0 spiro atoms. The molecular formula is C22H23N3O2. The van der Waals surface area contributed by atoms with Gasteiger partial charge in [-0.15, -0.1) is 0 Å². The number of hydrogen-bond donors (Lipinski definition) is 1. The van der Waals surface area contributed by atoms with Crippen molar-refractivity contribution < 1.29 is 9.53 Å². The van der Waals surface area contributed by atoms with Gasteiger partial charge in [0.1, 0.15) is 5.75 Å². The van der Waals surface area contributed by atoms with Crippen LogP contribution in [0.3, 0.4) is 0 Å². The van der Waals surface area contributed by atoms with Gasteiger partial charge in [0, 0.05) is 0 Å². The third-order valence-electron chi connectivity index (χ3n) is 5.25. The molecule has 1 aliphatic carbocycles. The maximum atomic E-state index is 12.9. The van der Waals surface area contributed by atoms with Gasteiger partial charge in [-0.1, -0.05) is 24.3 Å². The number of ether oxygens (including phenoxy) is 1. The first kappa shape index (κ1) is 17.3. The number of aryl methyl sites for hydroxylation is 1. The fraction of sp³-hybridized carbons (Fsp3) is 0.273. The van der Waals surface area contributed by atoms with Crippen LogP contribution in [0.4, 0.5) is 0 Å². The van der Waals surface area contributed by atoms with E-state index in [9.17, 15) is 4.79 Å². The molecule has 0 radical (unpaired) electrons. The maximum Gasteiger partial charge on any atom is 0.255 e. The van der Waals surface area contributed by atoms with Gasteiger partial charge in [0.05, 0.1) is 36.3 Å². The first-order valence-corrected chi connectivity index (χ1v) is 9.25. The Morgan fingerprint density at radius 3 is 2.74 bits per heavy atom. The zero-order valence-corrected chi connectivity index (χ0v) is 15.6. The van der Waals surface area contributed by atoms with Crippen LogP contribution in [0.1, 0.15) is 46.1 Å². The summed E-state index contributed by atoms with van der Waals surface area (Å²) < 4.78 is 6.98. The van der Waals surface area contributed by atoms with Crippen molar-refractivity contribution in [2.24, 2.45) is 0 Å². The number of fused-ring (bicyclic) bond motifs is 1. The Bertz CT molecular complexity index is 960. The van der Waals surface area contributed by atoms with E-state index < -0.39 is 0 Å². The number of nitrogens with zero attached hydrogens (tertiary/aromatic N) is 2. The number of aromatic nitrogens is 2. The highest BCUT2D eigenvalue weighted by Crippen LogP contribution is 2.30. The molecule has 0 bridgehead atoms. The molecule has 1 amide bonds. The SMILES string of the molecule is COc1ccc(-n2ncc(C(=O)N[C@H]3CCCc4ccccc43)c2C)cc1. The largest absolute Gasteiger partial charge is 0.497 e. The Hall–Kier alpha value is -3.08. The molecule has 4 rings (SSSR count). The van der Waals surface area contributed by atoms with Gasteiger partial charge in [0.25, 0.3) is 5.91 Å². The minimum absolute atomic E-state index is 0.0613. The highest BCUT2D eigenvalue weighted by molar-refractivity contribution is 5.95. The molecule has 5 nitrogen and oxygen atoms in total. The number of nitrogens with one attached hydrogen (secondary N) is 1. The van der Waals surface area contributed by atoms with Crippen LogP contribution in [0.25, 0.3) is 5.69 Å². The van der Waals surface area contributed by atoms with Gasteiger partial charge >= 0.3 is 0 Å². The summed E-state index contributed by atoms with van der Waals surface area (Å²) in [6.45, 7) is 1.92. The van der Waals surface area contributed by atoms with E-state index in [1.807, 2.05) is 37.3 Å². The maximum absolute atomic E-state index is 12.9. The van der Waals surface area contributed by atoms with Crippen LogP contribution in [-0.4, -0.2) is 22.8 Å². The summed E-state index contributed by atoms with van der Waals surface area (Å²) in [4.78, 5) is 12.9. The van der Waals surface area contributed by atoms with Crippen LogP contribution < -0.4 is 10.1 Å². The molecule has 1 aromatic heterocycles. The molecule has 27 heavy (non-hydrogen) atoms. The number of carbonyl (C=O) groups is 1. The van der Waals surface area contributed by atoms with E-state index in [0.717, 1.165) is 36.4 Å². The highest BCUT2D eigenvalue weighted by Gasteiger charge is 2.23. The van der Waals surface area contributed by atoms with Crippen molar-refractivity contribution in [3.63, 3.8) is 0 Å². The second kappa shape index (κ2) is 7.27. The Kier molecular flexibility index (Phi) is 4.67.